The number of carbonyl (C=O) groups excluding carboxylic acids is 1. The van der Waals surface area contributed by atoms with Crippen molar-refractivity contribution in [3.8, 4) is 11.1 Å². The van der Waals surface area contributed by atoms with E-state index in [1.165, 1.54) is 7.11 Å². The van der Waals surface area contributed by atoms with E-state index in [9.17, 15) is 4.79 Å². The predicted molar refractivity (Wildman–Crippen MR) is 63.8 cm³/mol. The molecule has 4 nitrogen and oxygen atoms in total. The first-order valence-electron chi connectivity index (χ1n) is 4.89. The van der Waals surface area contributed by atoms with Crippen molar-refractivity contribution in [2.75, 3.05) is 7.11 Å². The Labute approximate surface area is 103 Å². The Morgan fingerprint density at radius 3 is 2.59 bits per heavy atom. The van der Waals surface area contributed by atoms with Crippen LogP contribution in [0.15, 0.2) is 36.4 Å². The Hall–Kier alpha value is -1.94. The van der Waals surface area contributed by atoms with Crippen molar-refractivity contribution in [3.63, 3.8) is 0 Å². The maximum atomic E-state index is 11.6. The van der Waals surface area contributed by atoms with E-state index in [0.29, 0.717) is 5.56 Å². The van der Waals surface area contributed by atoms with Gasteiger partial charge < -0.3 is 4.74 Å². The highest BCUT2D eigenvalue weighted by Crippen LogP contribution is 2.24. The van der Waals surface area contributed by atoms with Crippen LogP contribution in [0.5, 0.6) is 0 Å². The molecule has 1 aromatic heterocycles. The molecule has 0 aliphatic rings. The van der Waals surface area contributed by atoms with Gasteiger partial charge in [-0.1, -0.05) is 41.9 Å². The molecule has 0 aliphatic carbocycles. The van der Waals surface area contributed by atoms with Gasteiger partial charge in [0.05, 0.1) is 7.11 Å². The normalized spacial score (nSPS) is 10.0. The highest BCUT2D eigenvalue weighted by atomic mass is 35.5. The molecule has 2 aromatic rings. The molecule has 0 N–H and O–H groups in total. The zero-order chi connectivity index (χ0) is 12.3. The Balaban J connectivity index is 2.59. The molecule has 0 saturated carbocycles. The fourth-order valence-corrected chi connectivity index (χ4v) is 1.60. The average molecular weight is 249 g/mol. The highest BCUT2D eigenvalue weighted by Gasteiger charge is 2.16. The van der Waals surface area contributed by atoms with Crippen LogP contribution in [0.3, 0.4) is 0 Å². The number of rotatable bonds is 2. The molecule has 0 unspecified atom stereocenters. The Bertz CT molecular complexity index is 543. The van der Waals surface area contributed by atoms with Gasteiger partial charge in [0.1, 0.15) is 0 Å². The van der Waals surface area contributed by atoms with Crippen LogP contribution in [0, 0.1) is 0 Å². The van der Waals surface area contributed by atoms with Crippen LogP contribution in [0.25, 0.3) is 11.1 Å². The van der Waals surface area contributed by atoms with Gasteiger partial charge in [-0.05, 0) is 11.6 Å². The first kappa shape index (κ1) is 11.5. The fourth-order valence-electron chi connectivity index (χ4n) is 1.45. The van der Waals surface area contributed by atoms with E-state index in [4.69, 9.17) is 11.6 Å². The lowest BCUT2D eigenvalue weighted by Crippen LogP contribution is -2.08. The topological polar surface area (TPSA) is 52.1 Å². The Kier molecular flexibility index (Phi) is 3.35. The lowest BCUT2D eigenvalue weighted by atomic mass is 10.1. The summed E-state index contributed by atoms with van der Waals surface area (Å²) in [7, 11) is 1.30. The standard InChI is InChI=1S/C12H9ClN2O2/c1-17-12(16)11-9(7-10(13)14-15-11)8-5-3-2-4-6-8/h2-7H,1H3. The average Bonchev–Trinajstić information content (AvgIpc) is 2.39. The molecular formula is C12H9ClN2O2. The summed E-state index contributed by atoms with van der Waals surface area (Å²) in [6.45, 7) is 0. The van der Waals surface area contributed by atoms with Crippen molar-refractivity contribution in [2.45, 2.75) is 0 Å². The summed E-state index contributed by atoms with van der Waals surface area (Å²) >= 11 is 5.79. The molecule has 17 heavy (non-hydrogen) atoms. The minimum Gasteiger partial charge on any atom is -0.464 e. The van der Waals surface area contributed by atoms with Gasteiger partial charge in [-0.3, -0.25) is 0 Å². The second-order valence-electron chi connectivity index (χ2n) is 3.29. The number of halogens is 1. The molecule has 0 fully saturated rings. The second kappa shape index (κ2) is 4.93. The first-order valence-corrected chi connectivity index (χ1v) is 5.27. The number of esters is 1. The van der Waals surface area contributed by atoms with Gasteiger partial charge in [0.15, 0.2) is 10.8 Å². The number of aromatic nitrogens is 2. The summed E-state index contributed by atoms with van der Waals surface area (Å²) in [4.78, 5) is 11.6. The summed E-state index contributed by atoms with van der Waals surface area (Å²) in [5.74, 6) is -0.534. The van der Waals surface area contributed by atoms with Crippen molar-refractivity contribution in [1.29, 1.82) is 0 Å². The number of benzene rings is 1. The summed E-state index contributed by atoms with van der Waals surface area (Å²) in [6, 6.07) is 10.9. The van der Waals surface area contributed by atoms with Gasteiger partial charge in [-0.25, -0.2) is 4.79 Å². The molecule has 0 bridgehead atoms. The van der Waals surface area contributed by atoms with Gasteiger partial charge in [-0.2, -0.15) is 0 Å². The van der Waals surface area contributed by atoms with E-state index in [1.54, 1.807) is 6.07 Å². The highest BCUT2D eigenvalue weighted by molar-refractivity contribution is 6.29. The number of ether oxygens (including phenoxy) is 1. The third kappa shape index (κ3) is 2.42. The van der Waals surface area contributed by atoms with Crippen LogP contribution in [-0.4, -0.2) is 23.3 Å². The number of hydrogen-bond donors (Lipinski definition) is 0. The quantitative estimate of drug-likeness (QED) is 0.767. The predicted octanol–water partition coefficient (Wildman–Crippen LogP) is 2.58. The van der Waals surface area contributed by atoms with E-state index in [2.05, 4.69) is 14.9 Å². The molecule has 1 heterocycles. The Morgan fingerprint density at radius 1 is 1.24 bits per heavy atom. The van der Waals surface area contributed by atoms with Crippen molar-refractivity contribution in [3.05, 3.63) is 47.2 Å². The molecule has 86 valence electrons. The number of nitrogens with zero attached hydrogens (tertiary/aromatic N) is 2. The molecule has 0 radical (unpaired) electrons. The largest absolute Gasteiger partial charge is 0.464 e. The Morgan fingerprint density at radius 2 is 1.94 bits per heavy atom. The number of methoxy groups -OCH3 is 1. The third-order valence-corrected chi connectivity index (χ3v) is 2.41. The van der Waals surface area contributed by atoms with Crippen LogP contribution in [0.4, 0.5) is 0 Å². The molecule has 0 spiro atoms. The van der Waals surface area contributed by atoms with Crippen LogP contribution in [0.2, 0.25) is 5.15 Å². The molecule has 0 atom stereocenters. The van der Waals surface area contributed by atoms with E-state index >= 15 is 0 Å². The lowest BCUT2D eigenvalue weighted by Gasteiger charge is -2.06. The number of hydrogen-bond acceptors (Lipinski definition) is 4. The van der Waals surface area contributed by atoms with Crippen LogP contribution in [0.1, 0.15) is 10.5 Å². The maximum absolute atomic E-state index is 11.6. The van der Waals surface area contributed by atoms with Crippen LogP contribution in [-0.2, 0) is 4.74 Å². The van der Waals surface area contributed by atoms with Crippen molar-refractivity contribution >= 4 is 17.6 Å². The minimum absolute atomic E-state index is 0.156. The van der Waals surface area contributed by atoms with Gasteiger partial charge in [-0.15, -0.1) is 10.2 Å². The summed E-state index contributed by atoms with van der Waals surface area (Å²) in [5, 5.41) is 7.65. The van der Waals surface area contributed by atoms with Crippen molar-refractivity contribution in [2.24, 2.45) is 0 Å². The van der Waals surface area contributed by atoms with E-state index in [0.717, 1.165) is 5.56 Å². The molecule has 2 rings (SSSR count). The van der Waals surface area contributed by atoms with Gasteiger partial charge in [0.25, 0.3) is 0 Å². The fraction of sp³-hybridized carbons (Fsp3) is 0.0833. The van der Waals surface area contributed by atoms with Crippen LogP contribution < -0.4 is 0 Å². The zero-order valence-corrected chi connectivity index (χ0v) is 9.81. The molecule has 0 amide bonds. The van der Waals surface area contributed by atoms with E-state index in [1.807, 2.05) is 30.3 Å². The van der Waals surface area contributed by atoms with Gasteiger partial charge >= 0.3 is 5.97 Å². The van der Waals surface area contributed by atoms with Crippen LogP contribution >= 0.6 is 11.6 Å². The maximum Gasteiger partial charge on any atom is 0.359 e. The summed E-state index contributed by atoms with van der Waals surface area (Å²) in [6.07, 6.45) is 0. The second-order valence-corrected chi connectivity index (χ2v) is 3.67. The van der Waals surface area contributed by atoms with Crippen molar-refractivity contribution in [1.82, 2.24) is 10.2 Å². The summed E-state index contributed by atoms with van der Waals surface area (Å²) < 4.78 is 4.65. The molecule has 5 heteroatoms. The molecule has 0 aliphatic heterocycles. The summed E-state index contributed by atoms with van der Waals surface area (Å²) in [5.41, 5.74) is 1.60. The van der Waals surface area contributed by atoms with Crippen molar-refractivity contribution < 1.29 is 9.53 Å². The third-order valence-electron chi connectivity index (χ3n) is 2.23. The lowest BCUT2D eigenvalue weighted by molar-refractivity contribution is 0.0593. The monoisotopic (exact) mass is 248 g/mol. The van der Waals surface area contributed by atoms with Gasteiger partial charge in [0.2, 0.25) is 0 Å². The molecule has 0 saturated heterocycles. The zero-order valence-electron chi connectivity index (χ0n) is 9.05. The first-order chi connectivity index (χ1) is 8.22. The SMILES string of the molecule is COC(=O)c1nnc(Cl)cc1-c1ccccc1. The van der Waals surface area contributed by atoms with E-state index in [-0.39, 0.29) is 10.8 Å². The minimum atomic E-state index is -0.534. The number of carbonyl (C=O) groups is 1. The molecule has 1 aromatic carbocycles. The van der Waals surface area contributed by atoms with Gasteiger partial charge in [0, 0.05) is 5.56 Å². The molecular weight excluding hydrogens is 240 g/mol. The van der Waals surface area contributed by atoms with E-state index < -0.39 is 5.97 Å². The smallest absolute Gasteiger partial charge is 0.359 e.